The van der Waals surface area contributed by atoms with Crippen molar-refractivity contribution in [2.75, 3.05) is 26.2 Å². The van der Waals surface area contributed by atoms with Crippen LogP contribution in [-0.2, 0) is 0 Å². The zero-order valence-corrected chi connectivity index (χ0v) is 12.2. The monoisotopic (exact) mass is 344 g/mol. The predicted molar refractivity (Wildman–Crippen MR) is 71.6 cm³/mol. The van der Waals surface area contributed by atoms with Gasteiger partial charge in [0.15, 0.2) is 0 Å². The Morgan fingerprint density at radius 2 is 1.50 bits per heavy atom. The largest absolute Gasteiger partial charge is 0.446 e. The van der Waals surface area contributed by atoms with E-state index in [1.807, 2.05) is 0 Å². The highest BCUT2D eigenvalue weighted by molar-refractivity contribution is 8.00. The second kappa shape index (κ2) is 6.67. The Labute approximate surface area is 127 Å². The molecule has 0 bridgehead atoms. The molecule has 0 radical (unpaired) electrons. The van der Waals surface area contributed by atoms with Crippen LogP contribution in [0.2, 0.25) is 0 Å². The summed E-state index contributed by atoms with van der Waals surface area (Å²) in [6, 6.07) is 2.60. The zero-order chi connectivity index (χ0) is 16.4. The second-order valence-corrected chi connectivity index (χ2v) is 5.99. The summed E-state index contributed by atoms with van der Waals surface area (Å²) < 4.78 is 76.7. The van der Waals surface area contributed by atoms with Crippen molar-refractivity contribution in [2.45, 2.75) is 22.6 Å². The highest BCUT2D eigenvalue weighted by atomic mass is 32.2. The van der Waals surface area contributed by atoms with Crippen LogP contribution in [0.25, 0.3) is 0 Å². The van der Waals surface area contributed by atoms with Crippen LogP contribution in [0.5, 0.6) is 0 Å². The van der Waals surface area contributed by atoms with Crippen molar-refractivity contribution in [3.05, 3.63) is 29.8 Å². The van der Waals surface area contributed by atoms with E-state index in [1.54, 1.807) is 0 Å². The Morgan fingerprint density at radius 1 is 0.955 bits per heavy atom. The summed E-state index contributed by atoms with van der Waals surface area (Å²) in [4.78, 5) is 1.17. The van der Waals surface area contributed by atoms with Crippen molar-refractivity contribution in [2.24, 2.45) is 0 Å². The summed E-state index contributed by atoms with van der Waals surface area (Å²) in [5.41, 5.74) is -4.50. The van der Waals surface area contributed by atoms with Crippen LogP contribution in [0.4, 0.5) is 26.3 Å². The lowest BCUT2D eigenvalue weighted by Gasteiger charge is -2.36. The van der Waals surface area contributed by atoms with Gasteiger partial charge in [0.05, 0.1) is 0 Å². The fourth-order valence-corrected chi connectivity index (χ4v) is 2.94. The van der Waals surface area contributed by atoms with Gasteiger partial charge in [0.1, 0.15) is 6.04 Å². The first-order chi connectivity index (χ1) is 10.2. The van der Waals surface area contributed by atoms with Crippen LogP contribution in [0.1, 0.15) is 11.6 Å². The number of hydrogen-bond donors (Lipinski definition) is 1. The molecule has 1 aromatic rings. The molecule has 1 aliphatic rings. The average molecular weight is 344 g/mol. The molecule has 124 valence electrons. The topological polar surface area (TPSA) is 15.3 Å². The number of nitrogens with zero attached hydrogens (tertiary/aromatic N) is 1. The van der Waals surface area contributed by atoms with Gasteiger partial charge in [-0.3, -0.25) is 4.90 Å². The number of piperazine rings is 1. The molecule has 0 spiro atoms. The summed E-state index contributed by atoms with van der Waals surface area (Å²) in [5, 5.41) is 2.97. The minimum Gasteiger partial charge on any atom is -0.314 e. The summed E-state index contributed by atoms with van der Waals surface area (Å²) >= 11 is -0.341. The van der Waals surface area contributed by atoms with E-state index in [-0.39, 0.29) is 35.3 Å². The van der Waals surface area contributed by atoms with Gasteiger partial charge in [-0.2, -0.15) is 26.3 Å². The van der Waals surface area contributed by atoms with E-state index in [0.717, 1.165) is 24.3 Å². The number of alkyl halides is 6. The number of rotatable bonds is 3. The number of hydrogen-bond acceptors (Lipinski definition) is 3. The van der Waals surface area contributed by atoms with Gasteiger partial charge in [-0.05, 0) is 29.5 Å². The first kappa shape index (κ1) is 17.4. The lowest BCUT2D eigenvalue weighted by atomic mass is 10.0. The molecule has 0 unspecified atom stereocenters. The fraction of sp³-hybridized carbons (Fsp3) is 0.538. The molecule has 1 saturated heterocycles. The van der Waals surface area contributed by atoms with Gasteiger partial charge in [0.25, 0.3) is 0 Å². The molecule has 1 aliphatic heterocycles. The minimum atomic E-state index is -4.48. The minimum absolute atomic E-state index is 0.0408. The Bertz CT molecular complexity index is 479. The molecule has 9 heteroatoms. The van der Waals surface area contributed by atoms with Crippen LogP contribution in [0.15, 0.2) is 29.2 Å². The van der Waals surface area contributed by atoms with Crippen molar-refractivity contribution in [1.82, 2.24) is 10.2 Å². The maximum Gasteiger partial charge on any atom is 0.446 e. The molecule has 22 heavy (non-hydrogen) atoms. The van der Waals surface area contributed by atoms with Gasteiger partial charge in [-0.15, -0.1) is 0 Å². The van der Waals surface area contributed by atoms with Crippen LogP contribution in [0, 0.1) is 0 Å². The van der Waals surface area contributed by atoms with Crippen molar-refractivity contribution in [3.8, 4) is 0 Å². The van der Waals surface area contributed by atoms with Gasteiger partial charge in [0, 0.05) is 31.1 Å². The molecule has 0 aromatic heterocycles. The van der Waals surface area contributed by atoms with E-state index in [2.05, 4.69) is 5.32 Å². The number of nitrogens with one attached hydrogen (secondary N) is 1. The summed E-state index contributed by atoms with van der Waals surface area (Å²) in [5.74, 6) is 0. The molecule has 1 N–H and O–H groups in total. The number of thioether (sulfide) groups is 1. The van der Waals surface area contributed by atoms with Crippen LogP contribution in [0.3, 0.4) is 0 Å². The fourth-order valence-electron chi connectivity index (χ4n) is 2.40. The molecule has 0 saturated carbocycles. The van der Waals surface area contributed by atoms with Crippen LogP contribution < -0.4 is 5.32 Å². The lowest BCUT2D eigenvalue weighted by Crippen LogP contribution is -2.49. The standard InChI is InChI=1S/C13H14F6N2S/c14-12(15,16)11(21-7-5-20-6-8-21)9-1-3-10(4-2-9)22-13(17,18)19/h1-4,11,20H,5-8H2/t11-/m0/s1. The van der Waals surface area contributed by atoms with Crippen molar-refractivity contribution >= 4 is 11.8 Å². The average Bonchev–Trinajstić information content (AvgIpc) is 2.39. The van der Waals surface area contributed by atoms with E-state index in [0.29, 0.717) is 13.1 Å². The Kier molecular flexibility index (Phi) is 5.29. The van der Waals surface area contributed by atoms with Gasteiger partial charge in [-0.25, -0.2) is 0 Å². The van der Waals surface area contributed by atoms with Crippen LogP contribution in [-0.4, -0.2) is 42.8 Å². The highest BCUT2D eigenvalue weighted by Gasteiger charge is 2.44. The Balaban J connectivity index is 2.20. The van der Waals surface area contributed by atoms with Gasteiger partial charge < -0.3 is 5.32 Å². The molecule has 1 aromatic carbocycles. The molecular weight excluding hydrogens is 330 g/mol. The molecule has 0 aliphatic carbocycles. The quantitative estimate of drug-likeness (QED) is 0.663. The molecule has 0 amide bonds. The molecule has 1 atom stereocenters. The molecule has 1 heterocycles. The smallest absolute Gasteiger partial charge is 0.314 e. The summed E-state index contributed by atoms with van der Waals surface area (Å²) in [7, 11) is 0. The Morgan fingerprint density at radius 3 is 1.95 bits per heavy atom. The Hall–Kier alpha value is -0.930. The first-order valence-corrected chi connectivity index (χ1v) is 7.36. The van der Waals surface area contributed by atoms with E-state index in [9.17, 15) is 26.3 Å². The van der Waals surface area contributed by atoms with Gasteiger partial charge >= 0.3 is 11.7 Å². The zero-order valence-electron chi connectivity index (χ0n) is 11.3. The normalized spacial score (nSPS) is 19.2. The van der Waals surface area contributed by atoms with Crippen molar-refractivity contribution < 1.29 is 26.3 Å². The maximum atomic E-state index is 13.3. The molecule has 2 nitrogen and oxygen atoms in total. The van der Waals surface area contributed by atoms with E-state index < -0.39 is 17.7 Å². The highest BCUT2D eigenvalue weighted by Crippen LogP contribution is 2.40. The molecular formula is C13H14F6N2S. The molecule has 2 rings (SSSR count). The van der Waals surface area contributed by atoms with E-state index >= 15 is 0 Å². The van der Waals surface area contributed by atoms with Crippen molar-refractivity contribution in [1.29, 1.82) is 0 Å². The predicted octanol–water partition coefficient (Wildman–Crippen LogP) is 3.81. The van der Waals surface area contributed by atoms with Crippen LogP contribution >= 0.6 is 11.8 Å². The van der Waals surface area contributed by atoms with E-state index in [1.165, 1.54) is 4.90 Å². The van der Waals surface area contributed by atoms with Gasteiger partial charge in [0.2, 0.25) is 0 Å². The maximum absolute atomic E-state index is 13.3. The first-order valence-electron chi connectivity index (χ1n) is 6.54. The SMILES string of the molecule is FC(F)(F)Sc1ccc([C@H](N2CCNCC2)C(F)(F)F)cc1. The van der Waals surface area contributed by atoms with Crippen molar-refractivity contribution in [3.63, 3.8) is 0 Å². The number of benzene rings is 1. The van der Waals surface area contributed by atoms with E-state index in [4.69, 9.17) is 0 Å². The summed E-state index contributed by atoms with van der Waals surface area (Å²) in [6.07, 6.45) is -4.48. The summed E-state index contributed by atoms with van der Waals surface area (Å²) in [6.45, 7) is 1.38. The second-order valence-electron chi connectivity index (χ2n) is 4.85. The number of halogens is 6. The molecule has 1 fully saturated rings. The third kappa shape index (κ3) is 4.79. The third-order valence-corrected chi connectivity index (χ3v) is 4.00. The van der Waals surface area contributed by atoms with Gasteiger partial charge in [-0.1, -0.05) is 12.1 Å². The third-order valence-electron chi connectivity index (χ3n) is 3.26. The lowest BCUT2D eigenvalue weighted by molar-refractivity contribution is -0.187.